The van der Waals surface area contributed by atoms with Gasteiger partial charge in [0, 0.05) is 22.3 Å². The van der Waals surface area contributed by atoms with Crippen molar-refractivity contribution in [3.8, 4) is 5.69 Å². The van der Waals surface area contributed by atoms with Gasteiger partial charge in [0.05, 0.1) is 11.6 Å². The zero-order valence-corrected chi connectivity index (χ0v) is 10.7. The quantitative estimate of drug-likeness (QED) is 0.605. The van der Waals surface area contributed by atoms with Crippen LogP contribution in [0.3, 0.4) is 0 Å². The lowest BCUT2D eigenvalue weighted by Gasteiger charge is -2.06. The summed E-state index contributed by atoms with van der Waals surface area (Å²) < 4.78 is 2.08. The predicted molar refractivity (Wildman–Crippen MR) is 68.2 cm³/mol. The first-order valence-corrected chi connectivity index (χ1v) is 6.43. The molecular formula is C12H12ClNOS. The number of aryl methyl sites for hydroxylation is 1. The average Bonchev–Trinajstić information content (AvgIpc) is 2.86. The molecule has 0 aliphatic carbocycles. The highest BCUT2D eigenvalue weighted by atomic mass is 35.5. The Bertz CT molecular complexity index is 513. The van der Waals surface area contributed by atoms with Gasteiger partial charge in [-0.05, 0) is 31.4 Å². The SMILES string of the molecule is Cc1cc(C(=O)CCl)c(C)n1-c1ccsc1. The van der Waals surface area contributed by atoms with Gasteiger partial charge in [-0.1, -0.05) is 0 Å². The molecule has 0 spiro atoms. The summed E-state index contributed by atoms with van der Waals surface area (Å²) in [6.45, 7) is 3.94. The zero-order valence-electron chi connectivity index (χ0n) is 9.16. The van der Waals surface area contributed by atoms with Gasteiger partial charge in [-0.25, -0.2) is 0 Å². The Morgan fingerprint density at radius 3 is 2.81 bits per heavy atom. The van der Waals surface area contributed by atoms with Crippen LogP contribution in [0.15, 0.2) is 22.9 Å². The molecule has 2 rings (SSSR count). The third-order valence-electron chi connectivity index (χ3n) is 2.62. The molecule has 0 saturated carbocycles. The topological polar surface area (TPSA) is 22.0 Å². The van der Waals surface area contributed by atoms with E-state index in [2.05, 4.69) is 9.95 Å². The molecule has 2 heterocycles. The first-order valence-electron chi connectivity index (χ1n) is 4.96. The lowest BCUT2D eigenvalue weighted by atomic mass is 10.2. The number of carbonyl (C=O) groups excluding carboxylic acids is 1. The van der Waals surface area contributed by atoms with Gasteiger partial charge in [-0.3, -0.25) is 4.79 Å². The Hall–Kier alpha value is -1.06. The second-order valence-corrected chi connectivity index (χ2v) is 4.71. The molecule has 0 unspecified atom stereocenters. The van der Waals surface area contributed by atoms with E-state index in [1.54, 1.807) is 11.3 Å². The zero-order chi connectivity index (χ0) is 11.7. The average molecular weight is 254 g/mol. The van der Waals surface area contributed by atoms with E-state index in [1.807, 2.05) is 31.4 Å². The van der Waals surface area contributed by atoms with Crippen molar-refractivity contribution in [2.24, 2.45) is 0 Å². The van der Waals surface area contributed by atoms with Crippen molar-refractivity contribution >= 4 is 28.7 Å². The molecule has 0 amide bonds. The normalized spacial score (nSPS) is 10.7. The van der Waals surface area contributed by atoms with Crippen LogP contribution in [0.5, 0.6) is 0 Å². The second kappa shape index (κ2) is 4.44. The monoisotopic (exact) mass is 253 g/mol. The van der Waals surface area contributed by atoms with E-state index in [-0.39, 0.29) is 11.7 Å². The third-order valence-corrected chi connectivity index (χ3v) is 3.53. The molecule has 0 radical (unpaired) electrons. The van der Waals surface area contributed by atoms with Crippen LogP contribution in [-0.2, 0) is 0 Å². The summed E-state index contributed by atoms with van der Waals surface area (Å²) in [7, 11) is 0. The highest BCUT2D eigenvalue weighted by Crippen LogP contribution is 2.22. The van der Waals surface area contributed by atoms with E-state index in [1.165, 1.54) is 0 Å². The minimum absolute atomic E-state index is 0.0174. The number of ketones is 1. The molecule has 0 aromatic carbocycles. The van der Waals surface area contributed by atoms with Crippen molar-refractivity contribution in [2.45, 2.75) is 13.8 Å². The lowest BCUT2D eigenvalue weighted by Crippen LogP contribution is -2.03. The Morgan fingerprint density at radius 2 is 2.25 bits per heavy atom. The fourth-order valence-electron chi connectivity index (χ4n) is 1.90. The third kappa shape index (κ3) is 1.81. The van der Waals surface area contributed by atoms with E-state index < -0.39 is 0 Å². The molecular weight excluding hydrogens is 242 g/mol. The van der Waals surface area contributed by atoms with Crippen molar-refractivity contribution in [1.29, 1.82) is 0 Å². The van der Waals surface area contributed by atoms with E-state index in [0.717, 1.165) is 22.6 Å². The molecule has 2 aromatic rings. The molecule has 16 heavy (non-hydrogen) atoms. The molecule has 0 fully saturated rings. The number of hydrogen-bond donors (Lipinski definition) is 0. The number of thiophene rings is 1. The van der Waals surface area contributed by atoms with Gasteiger partial charge in [-0.15, -0.1) is 11.6 Å². The summed E-state index contributed by atoms with van der Waals surface area (Å²) in [5.41, 5.74) is 3.85. The smallest absolute Gasteiger partial charge is 0.179 e. The number of alkyl halides is 1. The summed E-state index contributed by atoms with van der Waals surface area (Å²) in [5, 5.41) is 4.09. The molecule has 0 aliphatic rings. The van der Waals surface area contributed by atoms with E-state index >= 15 is 0 Å². The minimum Gasteiger partial charge on any atom is -0.317 e. The molecule has 0 aliphatic heterocycles. The largest absolute Gasteiger partial charge is 0.317 e. The summed E-state index contributed by atoms with van der Waals surface area (Å²) in [5.74, 6) is 0.0183. The molecule has 0 atom stereocenters. The lowest BCUT2D eigenvalue weighted by molar-refractivity contribution is 0.102. The molecule has 0 N–H and O–H groups in total. The van der Waals surface area contributed by atoms with Crippen LogP contribution in [0.4, 0.5) is 0 Å². The minimum atomic E-state index is -0.0174. The summed E-state index contributed by atoms with van der Waals surface area (Å²) >= 11 is 7.23. The number of nitrogens with zero attached hydrogens (tertiary/aromatic N) is 1. The van der Waals surface area contributed by atoms with E-state index in [9.17, 15) is 4.79 Å². The van der Waals surface area contributed by atoms with Crippen molar-refractivity contribution < 1.29 is 4.79 Å². The maximum Gasteiger partial charge on any atom is 0.179 e. The van der Waals surface area contributed by atoms with E-state index in [0.29, 0.717) is 0 Å². The summed E-state index contributed by atoms with van der Waals surface area (Å²) in [4.78, 5) is 11.6. The van der Waals surface area contributed by atoms with Crippen LogP contribution in [0.2, 0.25) is 0 Å². The Kier molecular flexibility index (Phi) is 3.17. The Balaban J connectivity index is 2.56. The van der Waals surface area contributed by atoms with Gasteiger partial charge in [-0.2, -0.15) is 11.3 Å². The number of aromatic nitrogens is 1. The summed E-state index contributed by atoms with van der Waals surface area (Å²) in [6, 6.07) is 3.94. The fraction of sp³-hybridized carbons (Fsp3) is 0.250. The molecule has 0 bridgehead atoms. The van der Waals surface area contributed by atoms with Gasteiger partial charge in [0.2, 0.25) is 0 Å². The van der Waals surface area contributed by atoms with Gasteiger partial charge in [0.25, 0.3) is 0 Å². The first-order chi connectivity index (χ1) is 7.65. The van der Waals surface area contributed by atoms with Gasteiger partial charge in [0.1, 0.15) is 0 Å². The van der Waals surface area contributed by atoms with Crippen LogP contribution in [0, 0.1) is 13.8 Å². The van der Waals surface area contributed by atoms with Gasteiger partial charge in [0.15, 0.2) is 5.78 Å². The Labute approximate surface area is 103 Å². The standard InChI is InChI=1S/C12H12ClNOS/c1-8-5-11(12(15)6-13)9(2)14(8)10-3-4-16-7-10/h3-5,7H,6H2,1-2H3. The second-order valence-electron chi connectivity index (χ2n) is 3.66. The van der Waals surface area contributed by atoms with Crippen molar-refractivity contribution in [3.05, 3.63) is 39.8 Å². The van der Waals surface area contributed by atoms with Crippen molar-refractivity contribution in [3.63, 3.8) is 0 Å². The van der Waals surface area contributed by atoms with Crippen molar-refractivity contribution in [2.75, 3.05) is 5.88 Å². The fourth-order valence-corrected chi connectivity index (χ4v) is 2.66. The molecule has 4 heteroatoms. The maximum absolute atomic E-state index is 11.6. The molecule has 0 saturated heterocycles. The van der Waals surface area contributed by atoms with Crippen LogP contribution < -0.4 is 0 Å². The highest BCUT2D eigenvalue weighted by molar-refractivity contribution is 7.08. The number of hydrogen-bond acceptors (Lipinski definition) is 2. The van der Waals surface area contributed by atoms with Crippen molar-refractivity contribution in [1.82, 2.24) is 4.57 Å². The molecule has 2 nitrogen and oxygen atoms in total. The number of Topliss-reactive ketones (excluding diaryl/α,β-unsaturated/α-hetero) is 1. The van der Waals surface area contributed by atoms with Gasteiger partial charge < -0.3 is 4.57 Å². The number of halogens is 1. The predicted octanol–water partition coefficient (Wildman–Crippen LogP) is 3.58. The number of rotatable bonds is 3. The maximum atomic E-state index is 11.6. The van der Waals surface area contributed by atoms with E-state index in [4.69, 9.17) is 11.6 Å². The van der Waals surface area contributed by atoms with Crippen LogP contribution in [0.25, 0.3) is 5.69 Å². The van der Waals surface area contributed by atoms with Crippen LogP contribution in [-0.4, -0.2) is 16.2 Å². The van der Waals surface area contributed by atoms with Crippen LogP contribution >= 0.6 is 22.9 Å². The van der Waals surface area contributed by atoms with Crippen LogP contribution in [0.1, 0.15) is 21.7 Å². The Morgan fingerprint density at radius 1 is 1.50 bits per heavy atom. The number of carbonyl (C=O) groups is 1. The first kappa shape index (κ1) is 11.4. The molecule has 84 valence electrons. The summed E-state index contributed by atoms with van der Waals surface area (Å²) in [6.07, 6.45) is 0. The molecule has 2 aromatic heterocycles. The van der Waals surface area contributed by atoms with Gasteiger partial charge >= 0.3 is 0 Å². The highest BCUT2D eigenvalue weighted by Gasteiger charge is 2.15.